The first-order valence-corrected chi connectivity index (χ1v) is 14.6. The molecular weight excluding hydrogens is 494 g/mol. The van der Waals surface area contributed by atoms with Crippen LogP contribution in [0.25, 0.3) is 0 Å². The maximum absolute atomic E-state index is 13.7. The van der Waals surface area contributed by atoms with Crippen molar-refractivity contribution >= 4 is 23.2 Å². The summed E-state index contributed by atoms with van der Waals surface area (Å²) in [6, 6.07) is 14.7. The van der Waals surface area contributed by atoms with Gasteiger partial charge in [0.1, 0.15) is 23.1 Å². The molecule has 0 radical (unpaired) electrons. The summed E-state index contributed by atoms with van der Waals surface area (Å²) in [5.74, 6) is 1.41. The Labute approximate surface area is 229 Å². The molecule has 2 heterocycles. The van der Waals surface area contributed by atoms with Gasteiger partial charge >= 0.3 is 0 Å². The van der Waals surface area contributed by atoms with Gasteiger partial charge in [-0.25, -0.2) is 4.98 Å². The highest BCUT2D eigenvalue weighted by Gasteiger charge is 2.36. The first-order valence-electron chi connectivity index (χ1n) is 13.7. The fourth-order valence-electron chi connectivity index (χ4n) is 5.45. The number of nitrogens with zero attached hydrogens (tertiary/aromatic N) is 2. The molecule has 0 bridgehead atoms. The fourth-order valence-corrected chi connectivity index (χ4v) is 6.14. The molecule has 1 atom stereocenters. The van der Waals surface area contributed by atoms with Gasteiger partial charge in [0, 0.05) is 24.4 Å². The van der Waals surface area contributed by atoms with Crippen LogP contribution in [0, 0.1) is 18.8 Å². The number of benzene rings is 2. The Bertz CT molecular complexity index is 1280. The topological polar surface area (TPSA) is 71.5 Å². The predicted octanol–water partition coefficient (Wildman–Crippen LogP) is 6.08. The highest BCUT2D eigenvalue weighted by atomic mass is 32.1. The maximum Gasteiger partial charge on any atom is 0.270 e. The first-order chi connectivity index (χ1) is 18.4. The molecule has 1 N–H and O–H groups in total. The minimum absolute atomic E-state index is 0.118. The molecule has 1 saturated carbocycles. The number of aromatic nitrogens is 1. The van der Waals surface area contributed by atoms with Crippen LogP contribution in [0.3, 0.4) is 0 Å². The monoisotopic (exact) mass is 531 g/mol. The van der Waals surface area contributed by atoms with Crippen molar-refractivity contribution in [1.82, 2.24) is 15.2 Å². The quantitative estimate of drug-likeness (QED) is 0.382. The van der Waals surface area contributed by atoms with Crippen LogP contribution >= 0.6 is 11.3 Å². The van der Waals surface area contributed by atoms with E-state index < -0.39 is 0 Å². The molecule has 200 valence electrons. The molecule has 1 unspecified atom stereocenters. The smallest absolute Gasteiger partial charge is 0.270 e. The Balaban J connectivity index is 1.36. The van der Waals surface area contributed by atoms with E-state index in [1.807, 2.05) is 6.07 Å². The second-order valence-electron chi connectivity index (χ2n) is 11.0. The van der Waals surface area contributed by atoms with Crippen molar-refractivity contribution in [2.45, 2.75) is 65.5 Å². The molecule has 38 heavy (non-hydrogen) atoms. The van der Waals surface area contributed by atoms with E-state index in [0.29, 0.717) is 24.8 Å². The van der Waals surface area contributed by atoms with E-state index in [-0.39, 0.29) is 23.8 Å². The number of amides is 2. The molecule has 6 nitrogen and oxygen atoms in total. The number of fused-ring (bicyclic) bond motifs is 1. The number of ether oxygens (including phenoxy) is 1. The molecule has 1 fully saturated rings. The molecule has 7 heteroatoms. The van der Waals surface area contributed by atoms with Gasteiger partial charge in [0.25, 0.3) is 5.91 Å². The van der Waals surface area contributed by atoms with Gasteiger partial charge in [-0.3, -0.25) is 9.59 Å². The van der Waals surface area contributed by atoms with Gasteiger partial charge in [-0.15, -0.1) is 11.3 Å². The Kier molecular flexibility index (Phi) is 8.12. The standard InChI is InChI=1S/C31H37N3O3S/c1-20(2)17-32-30(35)27-19-38-28(33-27)18-37-25-13-12-22-14-15-34(31(36)24-6-4-5-7-24)29(26(22)16-25)23-10-8-21(3)9-11-23/h8-13,16,19-20,24,29H,4-7,14-15,17-18H2,1-3H3,(H,32,35). The highest BCUT2D eigenvalue weighted by molar-refractivity contribution is 7.09. The average molecular weight is 532 g/mol. The van der Waals surface area contributed by atoms with E-state index in [0.717, 1.165) is 60.5 Å². The highest BCUT2D eigenvalue weighted by Crippen LogP contribution is 2.40. The lowest BCUT2D eigenvalue weighted by molar-refractivity contribution is -0.137. The van der Waals surface area contributed by atoms with E-state index in [1.54, 1.807) is 5.38 Å². The van der Waals surface area contributed by atoms with Crippen molar-refractivity contribution < 1.29 is 14.3 Å². The van der Waals surface area contributed by atoms with Crippen molar-refractivity contribution in [1.29, 1.82) is 0 Å². The van der Waals surface area contributed by atoms with Gasteiger partial charge < -0.3 is 15.0 Å². The van der Waals surface area contributed by atoms with Crippen LogP contribution in [0.4, 0.5) is 0 Å². The number of carbonyl (C=O) groups is 2. The lowest BCUT2D eigenvalue weighted by Gasteiger charge is -2.39. The Morgan fingerprint density at radius 2 is 1.89 bits per heavy atom. The summed E-state index contributed by atoms with van der Waals surface area (Å²) in [5, 5.41) is 5.44. The fraction of sp³-hybridized carbons (Fsp3) is 0.452. The van der Waals surface area contributed by atoms with Crippen LogP contribution in [0.15, 0.2) is 47.8 Å². The number of thiazole rings is 1. The number of hydrogen-bond acceptors (Lipinski definition) is 5. The Morgan fingerprint density at radius 1 is 1.13 bits per heavy atom. The van der Waals surface area contributed by atoms with Crippen LogP contribution in [0.5, 0.6) is 5.75 Å². The number of rotatable bonds is 8. The average Bonchev–Trinajstić information content (AvgIpc) is 3.63. The van der Waals surface area contributed by atoms with Crippen LogP contribution in [-0.2, 0) is 17.8 Å². The van der Waals surface area contributed by atoms with E-state index in [4.69, 9.17) is 4.74 Å². The zero-order valence-electron chi connectivity index (χ0n) is 22.5. The normalized spacial score (nSPS) is 17.5. The molecular formula is C31H37N3O3S. The molecule has 0 saturated heterocycles. The van der Waals surface area contributed by atoms with Crippen LogP contribution in [0.2, 0.25) is 0 Å². The summed E-state index contributed by atoms with van der Waals surface area (Å²) in [6.45, 7) is 7.87. The summed E-state index contributed by atoms with van der Waals surface area (Å²) in [7, 11) is 0. The molecule has 1 aliphatic heterocycles. The first kappa shape index (κ1) is 26.4. The van der Waals surface area contributed by atoms with Crippen LogP contribution in [0.1, 0.15) is 83.3 Å². The second kappa shape index (κ2) is 11.7. The van der Waals surface area contributed by atoms with Gasteiger partial charge in [0.15, 0.2) is 0 Å². The summed E-state index contributed by atoms with van der Waals surface area (Å²) in [6.07, 6.45) is 5.13. The Hall–Kier alpha value is -3.19. The SMILES string of the molecule is Cc1ccc(C2c3cc(OCc4nc(C(=O)NCC(C)C)cs4)ccc3CCN2C(=O)C2CCCC2)cc1. The van der Waals surface area contributed by atoms with Crippen molar-refractivity contribution in [3.8, 4) is 5.75 Å². The maximum atomic E-state index is 13.7. The van der Waals surface area contributed by atoms with Crippen LogP contribution in [-0.4, -0.2) is 34.8 Å². The lowest BCUT2D eigenvalue weighted by atomic mass is 9.86. The summed E-state index contributed by atoms with van der Waals surface area (Å²) >= 11 is 1.43. The van der Waals surface area contributed by atoms with Crippen molar-refractivity contribution in [2.75, 3.05) is 13.1 Å². The minimum Gasteiger partial charge on any atom is -0.486 e. The van der Waals surface area contributed by atoms with E-state index in [1.165, 1.54) is 22.5 Å². The number of hydrogen-bond donors (Lipinski definition) is 1. The van der Waals surface area contributed by atoms with Gasteiger partial charge in [0.05, 0.1) is 6.04 Å². The third-order valence-corrected chi connectivity index (χ3v) is 8.37. The zero-order chi connectivity index (χ0) is 26.6. The zero-order valence-corrected chi connectivity index (χ0v) is 23.4. The van der Waals surface area contributed by atoms with Gasteiger partial charge in [-0.2, -0.15) is 0 Å². The third kappa shape index (κ3) is 5.93. The van der Waals surface area contributed by atoms with E-state index >= 15 is 0 Å². The van der Waals surface area contributed by atoms with E-state index in [2.05, 4.69) is 72.4 Å². The van der Waals surface area contributed by atoms with Crippen molar-refractivity contribution in [3.05, 3.63) is 80.8 Å². The molecule has 2 aromatic carbocycles. The van der Waals surface area contributed by atoms with Crippen LogP contribution < -0.4 is 10.1 Å². The largest absolute Gasteiger partial charge is 0.486 e. The van der Waals surface area contributed by atoms with Crippen molar-refractivity contribution in [3.63, 3.8) is 0 Å². The van der Waals surface area contributed by atoms with Gasteiger partial charge in [-0.05, 0) is 60.9 Å². The third-order valence-electron chi connectivity index (χ3n) is 7.54. The van der Waals surface area contributed by atoms with Crippen molar-refractivity contribution in [2.24, 2.45) is 11.8 Å². The van der Waals surface area contributed by atoms with Gasteiger partial charge in [-0.1, -0.05) is 62.6 Å². The molecule has 5 rings (SSSR count). The van der Waals surface area contributed by atoms with E-state index in [9.17, 15) is 9.59 Å². The summed E-state index contributed by atoms with van der Waals surface area (Å²) in [5.41, 5.74) is 5.17. The molecule has 0 spiro atoms. The van der Waals surface area contributed by atoms with Gasteiger partial charge in [0.2, 0.25) is 5.91 Å². The number of carbonyl (C=O) groups excluding carboxylic acids is 2. The molecule has 3 aromatic rings. The number of aryl methyl sites for hydroxylation is 1. The molecule has 2 amide bonds. The molecule has 2 aliphatic rings. The number of nitrogens with one attached hydrogen (secondary N) is 1. The summed E-state index contributed by atoms with van der Waals surface area (Å²) in [4.78, 5) is 32.6. The Morgan fingerprint density at radius 3 is 2.63 bits per heavy atom. The lowest BCUT2D eigenvalue weighted by Crippen LogP contribution is -2.43. The molecule has 1 aromatic heterocycles. The minimum atomic E-state index is -0.150. The second-order valence-corrected chi connectivity index (χ2v) is 11.9. The predicted molar refractivity (Wildman–Crippen MR) is 150 cm³/mol. The summed E-state index contributed by atoms with van der Waals surface area (Å²) < 4.78 is 6.16. The molecule has 1 aliphatic carbocycles.